The number of amidine groups is 2. The number of aromatic nitrogens is 2. The number of aliphatic imine (C=N–C) groups is 1. The van der Waals surface area contributed by atoms with Crippen LogP contribution in [0.3, 0.4) is 0 Å². The summed E-state index contributed by atoms with van der Waals surface area (Å²) in [5.41, 5.74) is 7.00. The molecule has 7 nitrogen and oxygen atoms in total. The summed E-state index contributed by atoms with van der Waals surface area (Å²) in [6.07, 6.45) is 3.09. The first-order chi connectivity index (χ1) is 9.61. The first-order valence-electron chi connectivity index (χ1n) is 7.00. The summed E-state index contributed by atoms with van der Waals surface area (Å²) in [6.45, 7) is 1.22. The fraction of sp³-hybridized carbons (Fsp3) is 0.615. The molecule has 0 aromatic carbocycles. The predicted octanol–water partition coefficient (Wildman–Crippen LogP) is 0.710. The Morgan fingerprint density at radius 2 is 2.35 bits per heavy atom. The number of H-pyrrole nitrogens is 1. The summed E-state index contributed by atoms with van der Waals surface area (Å²) in [5, 5.41) is 24.5. The zero-order valence-electron chi connectivity index (χ0n) is 11.3. The van der Waals surface area contributed by atoms with Gasteiger partial charge in [-0.15, -0.1) is 0 Å². The topological polar surface area (TPSA) is 114 Å². The van der Waals surface area contributed by atoms with Crippen LogP contribution in [0.15, 0.2) is 11.1 Å². The molecule has 1 saturated heterocycles. The van der Waals surface area contributed by atoms with Gasteiger partial charge in [0.05, 0.1) is 12.5 Å². The highest BCUT2D eigenvalue weighted by Crippen LogP contribution is 2.39. The number of nitrogens with zero attached hydrogens (tertiary/aromatic N) is 3. The largest absolute Gasteiger partial charge is 0.391 e. The number of aliphatic hydroxyl groups excluding tert-OH is 1. The molecular weight excluding hydrogens is 256 g/mol. The predicted molar refractivity (Wildman–Crippen MR) is 76.4 cm³/mol. The molecule has 0 spiro atoms. The van der Waals surface area contributed by atoms with Crippen LogP contribution in [0.2, 0.25) is 0 Å². The van der Waals surface area contributed by atoms with E-state index in [1.165, 1.54) is 12.8 Å². The normalized spacial score (nSPS) is 23.4. The lowest BCUT2D eigenvalue weighted by Gasteiger charge is -2.18. The van der Waals surface area contributed by atoms with E-state index in [0.29, 0.717) is 49.3 Å². The highest BCUT2D eigenvalue weighted by atomic mass is 16.3. The molecule has 5 N–H and O–H groups in total. The SMILES string of the molecule is N=C(CC(N)=Nc1cc(C2CC2)[nH]n1)N1CCC(O)C1. The van der Waals surface area contributed by atoms with Crippen molar-refractivity contribution >= 4 is 17.5 Å². The lowest BCUT2D eigenvalue weighted by atomic mass is 10.3. The average Bonchev–Trinajstić information content (AvgIpc) is 2.99. The number of hydrogen-bond donors (Lipinski definition) is 4. The maximum absolute atomic E-state index is 9.46. The molecule has 0 bridgehead atoms. The molecule has 1 atom stereocenters. The molecule has 7 heteroatoms. The van der Waals surface area contributed by atoms with Crippen molar-refractivity contribution in [2.75, 3.05) is 13.1 Å². The fourth-order valence-electron chi connectivity index (χ4n) is 2.44. The smallest absolute Gasteiger partial charge is 0.175 e. The number of rotatable bonds is 4. The number of aromatic amines is 1. The zero-order chi connectivity index (χ0) is 14.1. The van der Waals surface area contributed by atoms with Gasteiger partial charge in [-0.05, 0) is 19.3 Å². The fourth-order valence-corrected chi connectivity index (χ4v) is 2.44. The van der Waals surface area contributed by atoms with Gasteiger partial charge in [-0.1, -0.05) is 0 Å². The van der Waals surface area contributed by atoms with Gasteiger partial charge in [-0.3, -0.25) is 10.5 Å². The minimum Gasteiger partial charge on any atom is -0.391 e. The van der Waals surface area contributed by atoms with E-state index < -0.39 is 0 Å². The first kappa shape index (κ1) is 13.1. The highest BCUT2D eigenvalue weighted by molar-refractivity contribution is 6.01. The molecule has 1 unspecified atom stereocenters. The van der Waals surface area contributed by atoms with Crippen LogP contribution >= 0.6 is 0 Å². The van der Waals surface area contributed by atoms with Gasteiger partial charge < -0.3 is 15.7 Å². The van der Waals surface area contributed by atoms with Gasteiger partial charge in [0.2, 0.25) is 0 Å². The Balaban J connectivity index is 1.58. The molecule has 1 aromatic heterocycles. The number of β-amino-alcohol motifs (C(OH)–C–C–N with tert-alkyl or cyclic N) is 1. The average molecular weight is 276 g/mol. The van der Waals surface area contributed by atoms with E-state index in [0.717, 1.165) is 5.69 Å². The standard InChI is InChI=1S/C13H20N6O/c14-11(6-12(15)19-4-3-9(20)7-19)16-13-5-10(17-18-13)8-1-2-8/h5,8-9,15,20H,1-4,6-7H2,(H3,14,16,17,18). The van der Waals surface area contributed by atoms with E-state index >= 15 is 0 Å². The van der Waals surface area contributed by atoms with Gasteiger partial charge in [0.1, 0.15) is 11.7 Å². The minimum atomic E-state index is -0.332. The van der Waals surface area contributed by atoms with Crippen LogP contribution in [0.25, 0.3) is 0 Å². The Labute approximate surface area is 117 Å². The Morgan fingerprint density at radius 3 is 3.00 bits per heavy atom. The summed E-state index contributed by atoms with van der Waals surface area (Å²) in [4.78, 5) is 6.08. The summed E-state index contributed by atoms with van der Waals surface area (Å²) in [7, 11) is 0. The molecule has 0 amide bonds. The van der Waals surface area contributed by atoms with Gasteiger partial charge in [0, 0.05) is 30.8 Å². The maximum atomic E-state index is 9.46. The van der Waals surface area contributed by atoms with Crippen LogP contribution in [0.5, 0.6) is 0 Å². The Morgan fingerprint density at radius 1 is 1.55 bits per heavy atom. The van der Waals surface area contributed by atoms with Crippen molar-refractivity contribution in [1.29, 1.82) is 5.41 Å². The number of aliphatic hydroxyl groups is 1. The molecular formula is C13H20N6O. The summed E-state index contributed by atoms with van der Waals surface area (Å²) >= 11 is 0. The van der Waals surface area contributed by atoms with Crippen LogP contribution in [0, 0.1) is 5.41 Å². The van der Waals surface area contributed by atoms with Gasteiger partial charge in [-0.25, -0.2) is 4.99 Å². The second kappa shape index (κ2) is 5.24. The van der Waals surface area contributed by atoms with Gasteiger partial charge >= 0.3 is 0 Å². The van der Waals surface area contributed by atoms with Crippen molar-refractivity contribution in [1.82, 2.24) is 15.1 Å². The Bertz CT molecular complexity index is 533. The van der Waals surface area contributed by atoms with Crippen LogP contribution in [0.1, 0.15) is 37.3 Å². The van der Waals surface area contributed by atoms with Gasteiger partial charge in [0.25, 0.3) is 0 Å². The molecule has 2 fully saturated rings. The molecule has 1 saturated carbocycles. The second-order valence-electron chi connectivity index (χ2n) is 5.57. The van der Waals surface area contributed by atoms with E-state index in [9.17, 15) is 5.11 Å². The molecule has 1 aliphatic carbocycles. The van der Waals surface area contributed by atoms with Crippen LogP contribution in [-0.2, 0) is 0 Å². The van der Waals surface area contributed by atoms with Gasteiger partial charge in [0.15, 0.2) is 5.82 Å². The third-order valence-electron chi connectivity index (χ3n) is 3.75. The minimum absolute atomic E-state index is 0.290. The number of nitrogens with one attached hydrogen (secondary N) is 2. The molecule has 2 heterocycles. The van der Waals surface area contributed by atoms with E-state index in [2.05, 4.69) is 15.2 Å². The van der Waals surface area contributed by atoms with Gasteiger partial charge in [-0.2, -0.15) is 5.10 Å². The number of nitrogens with two attached hydrogens (primary N) is 1. The van der Waals surface area contributed by atoms with Crippen molar-refractivity contribution in [2.45, 2.75) is 37.7 Å². The van der Waals surface area contributed by atoms with Crippen LogP contribution < -0.4 is 5.73 Å². The molecule has 0 radical (unpaired) electrons. The van der Waals surface area contributed by atoms with Crippen molar-refractivity contribution in [3.63, 3.8) is 0 Å². The highest BCUT2D eigenvalue weighted by Gasteiger charge is 2.25. The summed E-state index contributed by atoms with van der Waals surface area (Å²) in [6, 6.07) is 1.92. The Kier molecular flexibility index (Phi) is 3.43. The van der Waals surface area contributed by atoms with E-state index in [-0.39, 0.29) is 6.10 Å². The van der Waals surface area contributed by atoms with E-state index in [4.69, 9.17) is 11.1 Å². The van der Waals surface area contributed by atoms with Crippen molar-refractivity contribution in [2.24, 2.45) is 10.7 Å². The summed E-state index contributed by atoms with van der Waals surface area (Å²) in [5.74, 6) is 1.97. The second-order valence-corrected chi connectivity index (χ2v) is 5.57. The maximum Gasteiger partial charge on any atom is 0.175 e. The molecule has 20 heavy (non-hydrogen) atoms. The quantitative estimate of drug-likeness (QED) is 0.479. The molecule has 1 aromatic rings. The number of hydrogen-bond acceptors (Lipinski definition) is 4. The Hall–Kier alpha value is -1.89. The lowest BCUT2D eigenvalue weighted by molar-refractivity contribution is 0.188. The monoisotopic (exact) mass is 276 g/mol. The molecule has 1 aliphatic heterocycles. The first-order valence-corrected chi connectivity index (χ1v) is 7.00. The van der Waals surface area contributed by atoms with Crippen LogP contribution in [0.4, 0.5) is 5.82 Å². The zero-order valence-corrected chi connectivity index (χ0v) is 11.3. The third kappa shape index (κ3) is 2.98. The van der Waals surface area contributed by atoms with E-state index in [1.807, 2.05) is 11.0 Å². The van der Waals surface area contributed by atoms with Crippen molar-refractivity contribution in [3.05, 3.63) is 11.8 Å². The molecule has 3 rings (SSSR count). The molecule has 108 valence electrons. The third-order valence-corrected chi connectivity index (χ3v) is 3.75. The van der Waals surface area contributed by atoms with Crippen molar-refractivity contribution in [3.8, 4) is 0 Å². The summed E-state index contributed by atoms with van der Waals surface area (Å²) < 4.78 is 0. The van der Waals surface area contributed by atoms with E-state index in [1.54, 1.807) is 0 Å². The van der Waals surface area contributed by atoms with Crippen LogP contribution in [-0.4, -0.2) is 51.1 Å². The number of likely N-dealkylation sites (tertiary alicyclic amines) is 1. The van der Waals surface area contributed by atoms with Crippen molar-refractivity contribution < 1.29 is 5.11 Å². The lowest BCUT2D eigenvalue weighted by Crippen LogP contribution is -2.32. The molecule has 2 aliphatic rings.